The van der Waals surface area contributed by atoms with Crippen LogP contribution in [0.15, 0.2) is 11.0 Å². The molecule has 8 nitrogen and oxygen atoms in total. The van der Waals surface area contributed by atoms with Crippen LogP contribution in [0.4, 0.5) is 14.7 Å². The Hall–Kier alpha value is -2.48. The molecular weight excluding hydrogens is 338 g/mol. The first kappa shape index (κ1) is 17.3. The number of aliphatic hydroxyl groups excluding tert-OH is 2. The summed E-state index contributed by atoms with van der Waals surface area (Å²) in [5.41, 5.74) is 1.72. The Balaban J connectivity index is 2.25. The SMILES string of the molecule is CC#CC1(F)[C@@H](O)[C@@H]([C@@H](C)O)O[C@H]1n1cc(F)c2c(=O)[nH]c(N)nc21. The first-order valence-electron chi connectivity index (χ1n) is 7.41. The maximum absolute atomic E-state index is 15.5. The number of hydrogen-bond donors (Lipinski definition) is 4. The van der Waals surface area contributed by atoms with Crippen LogP contribution in [0.3, 0.4) is 0 Å². The van der Waals surface area contributed by atoms with Crippen LogP contribution in [0.2, 0.25) is 0 Å². The van der Waals surface area contributed by atoms with Gasteiger partial charge in [-0.1, -0.05) is 5.92 Å². The van der Waals surface area contributed by atoms with Crippen molar-refractivity contribution in [1.29, 1.82) is 0 Å². The standard InChI is InChI=1S/C15H16F2N4O4/c1-3-4-15(17)10(23)9(6(2)22)25-13(15)21-5-7(16)8-11(21)19-14(18)20-12(8)24/h5-6,9-10,13,22-23H,1-2H3,(H3,18,19,20,24)/t6-,9-,10+,13-,15?/m1/s1. The van der Waals surface area contributed by atoms with E-state index in [1.165, 1.54) is 13.8 Å². The minimum absolute atomic E-state index is 0.262. The third kappa shape index (κ3) is 2.48. The fourth-order valence-electron chi connectivity index (χ4n) is 2.99. The molecular formula is C15H16F2N4O4. The number of nitrogens with zero attached hydrogens (tertiary/aromatic N) is 2. The second-order valence-electron chi connectivity index (χ2n) is 5.82. The van der Waals surface area contributed by atoms with Crippen LogP contribution in [0.5, 0.6) is 0 Å². The Bertz CT molecular complexity index is 945. The number of alkyl halides is 1. The van der Waals surface area contributed by atoms with Gasteiger partial charge in [-0.15, -0.1) is 5.92 Å². The molecule has 0 amide bonds. The molecule has 5 atom stereocenters. The van der Waals surface area contributed by atoms with E-state index in [1.54, 1.807) is 0 Å². The first-order valence-corrected chi connectivity index (χ1v) is 7.41. The zero-order valence-electron chi connectivity index (χ0n) is 13.3. The zero-order chi connectivity index (χ0) is 18.5. The van der Waals surface area contributed by atoms with Crippen LogP contribution in [0, 0.1) is 17.7 Å². The molecule has 5 N–H and O–H groups in total. The highest BCUT2D eigenvalue weighted by Gasteiger charge is 2.59. The number of nitrogen functional groups attached to an aromatic ring is 1. The molecule has 134 valence electrons. The average Bonchev–Trinajstić information content (AvgIpc) is 2.96. The number of nitrogens with two attached hydrogens (primary N) is 1. The molecule has 0 aromatic carbocycles. The normalized spacial score (nSPS) is 30.2. The van der Waals surface area contributed by atoms with Crippen LogP contribution < -0.4 is 11.3 Å². The summed E-state index contributed by atoms with van der Waals surface area (Å²) in [4.78, 5) is 17.9. The quantitative estimate of drug-likeness (QED) is 0.554. The van der Waals surface area contributed by atoms with Crippen LogP contribution in [0.25, 0.3) is 11.0 Å². The van der Waals surface area contributed by atoms with Crippen molar-refractivity contribution in [2.24, 2.45) is 0 Å². The van der Waals surface area contributed by atoms with E-state index < -0.39 is 47.0 Å². The Morgan fingerprint density at radius 3 is 2.88 bits per heavy atom. The minimum Gasteiger partial charge on any atom is -0.391 e. The summed E-state index contributed by atoms with van der Waals surface area (Å²) in [5, 5.41) is 19.5. The summed E-state index contributed by atoms with van der Waals surface area (Å²) in [6.07, 6.45) is -5.16. The molecule has 10 heteroatoms. The van der Waals surface area contributed by atoms with E-state index in [9.17, 15) is 19.4 Å². The summed E-state index contributed by atoms with van der Waals surface area (Å²) in [5.74, 6) is 3.31. The number of rotatable bonds is 2. The van der Waals surface area contributed by atoms with Gasteiger partial charge in [0.05, 0.1) is 6.10 Å². The molecule has 0 saturated carbocycles. The molecule has 0 bridgehead atoms. The maximum Gasteiger partial charge on any atom is 0.264 e. The van der Waals surface area contributed by atoms with Crippen LogP contribution >= 0.6 is 0 Å². The number of H-pyrrole nitrogens is 1. The molecule has 1 saturated heterocycles. The van der Waals surface area contributed by atoms with Crippen molar-refractivity contribution in [2.45, 2.75) is 44.1 Å². The third-order valence-electron chi connectivity index (χ3n) is 4.09. The Labute approximate surface area is 140 Å². The topological polar surface area (TPSA) is 126 Å². The summed E-state index contributed by atoms with van der Waals surface area (Å²) in [7, 11) is 0. The molecule has 2 aromatic heterocycles. The minimum atomic E-state index is -2.66. The van der Waals surface area contributed by atoms with Gasteiger partial charge in [0.2, 0.25) is 11.6 Å². The summed E-state index contributed by atoms with van der Waals surface area (Å²) < 4.78 is 36.0. The van der Waals surface area contributed by atoms with Gasteiger partial charge < -0.3 is 20.7 Å². The number of fused-ring (bicyclic) bond motifs is 1. The monoisotopic (exact) mass is 354 g/mol. The largest absolute Gasteiger partial charge is 0.391 e. The zero-order valence-corrected chi connectivity index (χ0v) is 13.3. The molecule has 1 aliphatic rings. The van der Waals surface area contributed by atoms with E-state index >= 15 is 4.39 Å². The molecule has 0 aliphatic carbocycles. The van der Waals surface area contributed by atoms with E-state index in [-0.39, 0.29) is 11.6 Å². The summed E-state index contributed by atoms with van der Waals surface area (Å²) in [6.45, 7) is 2.67. The van der Waals surface area contributed by atoms with Gasteiger partial charge in [0.15, 0.2) is 17.7 Å². The molecule has 0 radical (unpaired) electrons. The van der Waals surface area contributed by atoms with Gasteiger partial charge in [0.25, 0.3) is 5.56 Å². The van der Waals surface area contributed by atoms with Crippen molar-refractivity contribution in [2.75, 3.05) is 5.73 Å². The molecule has 1 fully saturated rings. The highest BCUT2D eigenvalue weighted by atomic mass is 19.1. The molecule has 25 heavy (non-hydrogen) atoms. The van der Waals surface area contributed by atoms with E-state index in [0.29, 0.717) is 0 Å². The van der Waals surface area contributed by atoms with Gasteiger partial charge in [0, 0.05) is 6.20 Å². The van der Waals surface area contributed by atoms with Gasteiger partial charge in [-0.2, -0.15) is 4.98 Å². The van der Waals surface area contributed by atoms with Gasteiger partial charge in [-0.25, -0.2) is 8.78 Å². The Morgan fingerprint density at radius 2 is 2.28 bits per heavy atom. The van der Waals surface area contributed by atoms with Crippen molar-refractivity contribution in [1.82, 2.24) is 14.5 Å². The number of aliphatic hydroxyl groups is 2. The van der Waals surface area contributed by atoms with E-state index in [1.807, 2.05) is 0 Å². The first-order chi connectivity index (χ1) is 11.7. The fraction of sp³-hybridized carbons (Fsp3) is 0.467. The van der Waals surface area contributed by atoms with Gasteiger partial charge in [-0.3, -0.25) is 14.3 Å². The number of ether oxygens (including phenoxy) is 1. The summed E-state index contributed by atoms with van der Waals surface area (Å²) >= 11 is 0. The predicted molar refractivity (Wildman–Crippen MR) is 83.6 cm³/mol. The van der Waals surface area contributed by atoms with Gasteiger partial charge in [0.1, 0.15) is 17.6 Å². The van der Waals surface area contributed by atoms with Crippen molar-refractivity contribution in [3.8, 4) is 11.8 Å². The smallest absolute Gasteiger partial charge is 0.264 e. The van der Waals surface area contributed by atoms with E-state index in [2.05, 4.69) is 21.8 Å². The second kappa shape index (κ2) is 5.80. The average molecular weight is 354 g/mol. The molecule has 1 aliphatic heterocycles. The predicted octanol–water partition coefficient (Wildman–Crippen LogP) is -0.183. The van der Waals surface area contributed by atoms with Crippen LogP contribution in [-0.4, -0.2) is 48.7 Å². The number of aromatic nitrogens is 3. The lowest BCUT2D eigenvalue weighted by Crippen LogP contribution is -2.44. The van der Waals surface area contributed by atoms with Crippen molar-refractivity contribution < 1.29 is 23.7 Å². The second-order valence-corrected chi connectivity index (χ2v) is 5.82. The van der Waals surface area contributed by atoms with E-state index in [4.69, 9.17) is 10.5 Å². The maximum atomic E-state index is 15.5. The number of nitrogens with one attached hydrogen (secondary N) is 1. The highest BCUT2D eigenvalue weighted by Crippen LogP contribution is 2.43. The Kier molecular flexibility index (Phi) is 4.03. The lowest BCUT2D eigenvalue weighted by Gasteiger charge is -2.24. The fourth-order valence-corrected chi connectivity index (χ4v) is 2.99. The third-order valence-corrected chi connectivity index (χ3v) is 4.09. The van der Waals surface area contributed by atoms with Crippen LogP contribution in [-0.2, 0) is 4.74 Å². The lowest BCUT2D eigenvalue weighted by molar-refractivity contribution is -0.0776. The van der Waals surface area contributed by atoms with Crippen molar-refractivity contribution >= 4 is 17.0 Å². The lowest BCUT2D eigenvalue weighted by atomic mass is 9.94. The van der Waals surface area contributed by atoms with Gasteiger partial charge in [-0.05, 0) is 13.8 Å². The summed E-state index contributed by atoms with van der Waals surface area (Å²) in [6, 6.07) is 0. The van der Waals surface area contributed by atoms with E-state index in [0.717, 1.165) is 10.8 Å². The molecule has 2 aromatic rings. The molecule has 1 unspecified atom stereocenters. The number of halogens is 2. The number of hydrogen-bond acceptors (Lipinski definition) is 6. The molecule has 3 rings (SSSR count). The van der Waals surface area contributed by atoms with Crippen LogP contribution in [0.1, 0.15) is 20.1 Å². The molecule has 3 heterocycles. The Morgan fingerprint density at radius 1 is 1.60 bits per heavy atom. The van der Waals surface area contributed by atoms with Gasteiger partial charge >= 0.3 is 0 Å². The number of anilines is 1. The molecule has 0 spiro atoms. The highest BCUT2D eigenvalue weighted by molar-refractivity contribution is 5.77. The van der Waals surface area contributed by atoms with Crippen molar-refractivity contribution in [3.05, 3.63) is 22.4 Å². The van der Waals surface area contributed by atoms with Crippen molar-refractivity contribution in [3.63, 3.8) is 0 Å². The number of aromatic amines is 1.